The third-order valence-electron chi connectivity index (χ3n) is 4.74. The van der Waals surface area contributed by atoms with E-state index in [1.54, 1.807) is 12.1 Å². The summed E-state index contributed by atoms with van der Waals surface area (Å²) in [5.41, 5.74) is 2.89. The third-order valence-corrected chi connectivity index (χ3v) is 6.78. The van der Waals surface area contributed by atoms with Crippen molar-refractivity contribution in [2.24, 2.45) is 0 Å². The molecule has 33 heavy (non-hydrogen) atoms. The summed E-state index contributed by atoms with van der Waals surface area (Å²) in [6.45, 7) is 0. The van der Waals surface area contributed by atoms with Gasteiger partial charge >= 0.3 is 6.18 Å². The van der Waals surface area contributed by atoms with Gasteiger partial charge in [0.25, 0.3) is 5.91 Å². The Morgan fingerprint density at radius 2 is 1.48 bits per heavy atom. The van der Waals surface area contributed by atoms with Gasteiger partial charge in [0.05, 0.1) is 5.56 Å². The highest BCUT2D eigenvalue weighted by atomic mass is 32.2. The normalized spacial score (nSPS) is 11.4. The molecule has 0 fully saturated rings. The van der Waals surface area contributed by atoms with Crippen LogP contribution in [0.2, 0.25) is 0 Å². The standard InChI is InChI=1S/C24H18F3N3OS2/c25-24(26,27)20-12-8-18(9-13-20)15-32-23-30-29-22(33-23)28-21(31)19-10-6-17(7-11-19)14-16-4-2-1-3-5-16/h1-13H,14-15H2,(H,28,29,31). The third kappa shape index (κ3) is 6.43. The number of carbonyl (C=O) groups is 1. The number of hydrogen-bond donors (Lipinski definition) is 1. The molecule has 1 amide bonds. The van der Waals surface area contributed by atoms with Crippen LogP contribution in [0.15, 0.2) is 83.2 Å². The highest BCUT2D eigenvalue weighted by Gasteiger charge is 2.29. The van der Waals surface area contributed by atoms with Crippen molar-refractivity contribution >= 4 is 34.1 Å². The number of nitrogens with zero attached hydrogens (tertiary/aromatic N) is 2. The number of rotatable bonds is 7. The molecule has 0 radical (unpaired) electrons. The Morgan fingerprint density at radius 3 is 2.15 bits per heavy atom. The molecule has 3 aromatic carbocycles. The van der Waals surface area contributed by atoms with Gasteiger partial charge < -0.3 is 0 Å². The van der Waals surface area contributed by atoms with Crippen LogP contribution in [0.4, 0.5) is 18.3 Å². The fourth-order valence-corrected chi connectivity index (χ4v) is 4.73. The van der Waals surface area contributed by atoms with Crippen LogP contribution in [0.3, 0.4) is 0 Å². The molecule has 0 aliphatic heterocycles. The highest BCUT2D eigenvalue weighted by molar-refractivity contribution is 8.00. The summed E-state index contributed by atoms with van der Waals surface area (Å²) in [5.74, 6) is 0.167. The number of hydrogen-bond acceptors (Lipinski definition) is 5. The minimum absolute atomic E-state index is 0.281. The van der Waals surface area contributed by atoms with Crippen LogP contribution in [0.1, 0.15) is 32.6 Å². The van der Waals surface area contributed by atoms with Crippen LogP contribution in [0.25, 0.3) is 0 Å². The maximum Gasteiger partial charge on any atom is 0.416 e. The molecular formula is C24H18F3N3OS2. The van der Waals surface area contributed by atoms with E-state index in [2.05, 4.69) is 27.6 Å². The van der Waals surface area contributed by atoms with Crippen molar-refractivity contribution in [1.82, 2.24) is 10.2 Å². The van der Waals surface area contributed by atoms with E-state index in [-0.39, 0.29) is 5.91 Å². The molecule has 9 heteroatoms. The van der Waals surface area contributed by atoms with Crippen LogP contribution >= 0.6 is 23.1 Å². The number of halogens is 3. The van der Waals surface area contributed by atoms with Crippen LogP contribution in [-0.4, -0.2) is 16.1 Å². The smallest absolute Gasteiger partial charge is 0.296 e. The fraction of sp³-hybridized carbons (Fsp3) is 0.125. The molecule has 1 N–H and O–H groups in total. The molecule has 0 saturated heterocycles. The van der Waals surface area contributed by atoms with Crippen LogP contribution in [0, 0.1) is 0 Å². The second kappa shape index (κ2) is 10.2. The number of aromatic nitrogens is 2. The SMILES string of the molecule is O=C(Nc1nnc(SCc2ccc(C(F)(F)F)cc2)s1)c1ccc(Cc2ccccc2)cc1. The van der Waals surface area contributed by atoms with Crippen molar-refractivity contribution in [3.63, 3.8) is 0 Å². The zero-order chi connectivity index (χ0) is 23.3. The Balaban J connectivity index is 1.30. The minimum Gasteiger partial charge on any atom is -0.296 e. The number of amides is 1. The molecule has 4 nitrogen and oxygen atoms in total. The van der Waals surface area contributed by atoms with Gasteiger partial charge in [-0.05, 0) is 47.4 Å². The van der Waals surface area contributed by atoms with Gasteiger partial charge in [-0.1, -0.05) is 77.7 Å². The molecule has 4 rings (SSSR count). The molecule has 1 heterocycles. The molecule has 0 spiro atoms. The molecule has 168 valence electrons. The number of benzene rings is 3. The summed E-state index contributed by atoms with van der Waals surface area (Å²) in [6, 6.07) is 22.5. The van der Waals surface area contributed by atoms with Gasteiger partial charge in [0.1, 0.15) is 0 Å². The first-order chi connectivity index (χ1) is 15.9. The summed E-state index contributed by atoms with van der Waals surface area (Å²) in [6.07, 6.45) is -3.56. The first-order valence-electron chi connectivity index (χ1n) is 9.93. The summed E-state index contributed by atoms with van der Waals surface area (Å²) in [5, 5.41) is 11.1. The van der Waals surface area contributed by atoms with E-state index in [1.165, 1.54) is 40.8 Å². The molecule has 0 atom stereocenters. The number of thioether (sulfide) groups is 1. The molecule has 4 aromatic rings. The summed E-state index contributed by atoms with van der Waals surface area (Å²) in [4.78, 5) is 12.5. The fourth-order valence-electron chi connectivity index (χ4n) is 3.03. The minimum atomic E-state index is -4.35. The Hall–Kier alpha value is -3.17. The molecule has 0 aliphatic rings. The van der Waals surface area contributed by atoms with Gasteiger partial charge in [-0.2, -0.15) is 13.2 Å². The monoisotopic (exact) mass is 485 g/mol. The molecule has 0 aliphatic carbocycles. The molecule has 0 bridgehead atoms. The van der Waals surface area contributed by atoms with E-state index >= 15 is 0 Å². The van der Waals surface area contributed by atoms with Crippen molar-refractivity contribution in [3.05, 3.63) is 107 Å². The first kappa shape index (κ1) is 23.0. The van der Waals surface area contributed by atoms with Crippen molar-refractivity contribution in [1.29, 1.82) is 0 Å². The quantitative estimate of drug-likeness (QED) is 0.234. The molecule has 0 saturated carbocycles. The Kier molecular flexibility index (Phi) is 7.10. The molecule has 1 aromatic heterocycles. The number of alkyl halides is 3. The van der Waals surface area contributed by atoms with Gasteiger partial charge in [0.15, 0.2) is 4.34 Å². The predicted molar refractivity (Wildman–Crippen MR) is 125 cm³/mol. The van der Waals surface area contributed by atoms with E-state index in [4.69, 9.17) is 0 Å². The van der Waals surface area contributed by atoms with E-state index in [0.717, 1.165) is 29.7 Å². The Bertz CT molecular complexity index is 1210. The lowest BCUT2D eigenvalue weighted by molar-refractivity contribution is -0.137. The summed E-state index contributed by atoms with van der Waals surface area (Å²) < 4.78 is 38.6. The lowest BCUT2D eigenvalue weighted by Crippen LogP contribution is -2.11. The van der Waals surface area contributed by atoms with Crippen molar-refractivity contribution in [2.45, 2.75) is 22.7 Å². The van der Waals surface area contributed by atoms with Gasteiger partial charge in [0, 0.05) is 11.3 Å². The van der Waals surface area contributed by atoms with Crippen LogP contribution < -0.4 is 5.32 Å². The average Bonchev–Trinajstić information content (AvgIpc) is 3.26. The van der Waals surface area contributed by atoms with E-state index in [1.807, 2.05) is 30.3 Å². The highest BCUT2D eigenvalue weighted by Crippen LogP contribution is 2.31. The summed E-state index contributed by atoms with van der Waals surface area (Å²) >= 11 is 2.56. The summed E-state index contributed by atoms with van der Waals surface area (Å²) in [7, 11) is 0. The Morgan fingerprint density at radius 1 is 0.848 bits per heavy atom. The van der Waals surface area contributed by atoms with Gasteiger partial charge in [-0.25, -0.2) is 0 Å². The molecule has 0 unspecified atom stereocenters. The van der Waals surface area contributed by atoms with Crippen LogP contribution in [0.5, 0.6) is 0 Å². The van der Waals surface area contributed by atoms with Crippen LogP contribution in [-0.2, 0) is 18.3 Å². The van der Waals surface area contributed by atoms with E-state index in [0.29, 0.717) is 20.8 Å². The lowest BCUT2D eigenvalue weighted by Gasteiger charge is -2.06. The lowest BCUT2D eigenvalue weighted by atomic mass is 10.0. The first-order valence-corrected chi connectivity index (χ1v) is 11.7. The Labute approximate surface area is 196 Å². The predicted octanol–water partition coefficient (Wildman–Crippen LogP) is 6.69. The van der Waals surface area contributed by atoms with Crippen molar-refractivity contribution < 1.29 is 18.0 Å². The van der Waals surface area contributed by atoms with Gasteiger partial charge in [0.2, 0.25) is 5.13 Å². The van der Waals surface area contributed by atoms with Crippen molar-refractivity contribution in [3.8, 4) is 0 Å². The number of carbonyl (C=O) groups excluding carboxylic acids is 1. The number of anilines is 1. The average molecular weight is 486 g/mol. The molecular weight excluding hydrogens is 467 g/mol. The largest absolute Gasteiger partial charge is 0.416 e. The van der Waals surface area contributed by atoms with Crippen molar-refractivity contribution in [2.75, 3.05) is 5.32 Å². The van der Waals surface area contributed by atoms with Gasteiger partial charge in [-0.3, -0.25) is 10.1 Å². The zero-order valence-electron chi connectivity index (χ0n) is 17.2. The number of nitrogens with one attached hydrogen (secondary N) is 1. The maximum absolute atomic E-state index is 12.7. The van der Waals surface area contributed by atoms with E-state index in [9.17, 15) is 18.0 Å². The topological polar surface area (TPSA) is 54.9 Å². The second-order valence-electron chi connectivity index (χ2n) is 7.17. The van der Waals surface area contributed by atoms with E-state index < -0.39 is 11.7 Å². The zero-order valence-corrected chi connectivity index (χ0v) is 18.8. The second-order valence-corrected chi connectivity index (χ2v) is 9.37. The van der Waals surface area contributed by atoms with Gasteiger partial charge in [-0.15, -0.1) is 10.2 Å². The maximum atomic E-state index is 12.7.